The average Bonchev–Trinajstić information content (AvgIpc) is 3.14. The zero-order valence-electron chi connectivity index (χ0n) is 17.9. The van der Waals surface area contributed by atoms with Crippen molar-refractivity contribution >= 4 is 23.4 Å². The smallest absolute Gasteiger partial charge is 0.256 e. The van der Waals surface area contributed by atoms with E-state index in [1.54, 1.807) is 11.8 Å². The lowest BCUT2D eigenvalue weighted by Crippen LogP contribution is -2.13. The van der Waals surface area contributed by atoms with Gasteiger partial charge >= 0.3 is 0 Å². The van der Waals surface area contributed by atoms with Crippen molar-refractivity contribution < 1.29 is 9.32 Å². The van der Waals surface area contributed by atoms with E-state index in [0.717, 1.165) is 33.0 Å². The Hall–Kier alpha value is -3.75. The molecule has 0 bridgehead atoms. The number of nitrogens with one attached hydrogen (secondary N) is 1. The van der Waals surface area contributed by atoms with Crippen LogP contribution in [0.5, 0.6) is 0 Å². The second-order valence-corrected chi connectivity index (χ2v) is 8.26. The van der Waals surface area contributed by atoms with Crippen LogP contribution in [0.3, 0.4) is 0 Å². The van der Waals surface area contributed by atoms with Crippen LogP contribution in [-0.4, -0.2) is 11.1 Å². The van der Waals surface area contributed by atoms with Gasteiger partial charge in [-0.25, -0.2) is 0 Å². The molecule has 1 heterocycles. The normalized spacial score (nSPS) is 10.3. The number of amides is 1. The van der Waals surface area contributed by atoms with Crippen LogP contribution in [-0.2, 0) is 5.75 Å². The SMILES string of the molecule is Cc1noc(C)c1CSc1ccccc1C(=O)Nc1cccc(C#Cc2ccccc2)c1. The molecule has 158 valence electrons. The minimum atomic E-state index is -0.153. The van der Waals surface area contributed by atoms with Crippen LogP contribution in [0.25, 0.3) is 0 Å². The van der Waals surface area contributed by atoms with E-state index in [-0.39, 0.29) is 5.91 Å². The van der Waals surface area contributed by atoms with E-state index in [9.17, 15) is 4.79 Å². The van der Waals surface area contributed by atoms with E-state index in [1.807, 2.05) is 92.7 Å². The summed E-state index contributed by atoms with van der Waals surface area (Å²) in [6.07, 6.45) is 0. The number of nitrogens with zero attached hydrogens (tertiary/aromatic N) is 1. The Morgan fingerprint density at radius 2 is 1.66 bits per heavy atom. The van der Waals surface area contributed by atoms with Crippen LogP contribution in [0.2, 0.25) is 0 Å². The zero-order valence-corrected chi connectivity index (χ0v) is 18.7. The summed E-state index contributed by atoms with van der Waals surface area (Å²) in [5, 5.41) is 7.01. The van der Waals surface area contributed by atoms with Crippen LogP contribution in [0.4, 0.5) is 5.69 Å². The number of aryl methyl sites for hydroxylation is 2. The number of aromatic nitrogens is 1. The van der Waals surface area contributed by atoms with Crippen molar-refractivity contribution in [2.45, 2.75) is 24.5 Å². The van der Waals surface area contributed by atoms with Gasteiger partial charge < -0.3 is 9.84 Å². The van der Waals surface area contributed by atoms with Gasteiger partial charge in [-0.2, -0.15) is 0 Å². The predicted molar refractivity (Wildman–Crippen MR) is 129 cm³/mol. The summed E-state index contributed by atoms with van der Waals surface area (Å²) >= 11 is 1.60. The molecular weight excluding hydrogens is 416 g/mol. The Morgan fingerprint density at radius 1 is 0.938 bits per heavy atom. The van der Waals surface area contributed by atoms with E-state index < -0.39 is 0 Å². The first-order valence-corrected chi connectivity index (χ1v) is 11.2. The van der Waals surface area contributed by atoms with E-state index >= 15 is 0 Å². The Balaban J connectivity index is 1.48. The lowest BCUT2D eigenvalue weighted by atomic mass is 10.1. The zero-order chi connectivity index (χ0) is 22.3. The molecule has 0 atom stereocenters. The van der Waals surface area contributed by atoms with Gasteiger partial charge in [0.25, 0.3) is 5.91 Å². The quantitative estimate of drug-likeness (QED) is 0.296. The highest BCUT2D eigenvalue weighted by Gasteiger charge is 2.14. The first-order valence-electron chi connectivity index (χ1n) is 10.2. The number of hydrogen-bond donors (Lipinski definition) is 1. The van der Waals surface area contributed by atoms with Crippen LogP contribution in [0.1, 0.15) is 38.5 Å². The van der Waals surface area contributed by atoms with Gasteiger partial charge in [0.15, 0.2) is 0 Å². The fraction of sp³-hybridized carbons (Fsp3) is 0.111. The topological polar surface area (TPSA) is 55.1 Å². The minimum Gasteiger partial charge on any atom is -0.361 e. The maximum absolute atomic E-state index is 13.0. The van der Waals surface area contributed by atoms with Crippen molar-refractivity contribution in [2.24, 2.45) is 0 Å². The molecule has 4 rings (SSSR count). The number of benzene rings is 3. The van der Waals surface area contributed by atoms with Gasteiger partial charge in [0, 0.05) is 33.0 Å². The minimum absolute atomic E-state index is 0.153. The second-order valence-electron chi connectivity index (χ2n) is 7.24. The summed E-state index contributed by atoms with van der Waals surface area (Å²) in [7, 11) is 0. The third-order valence-corrected chi connectivity index (χ3v) is 6.03. The number of carbonyl (C=O) groups is 1. The highest BCUT2D eigenvalue weighted by Crippen LogP contribution is 2.29. The van der Waals surface area contributed by atoms with Crippen molar-refractivity contribution in [3.63, 3.8) is 0 Å². The summed E-state index contributed by atoms with van der Waals surface area (Å²) in [5.74, 6) is 7.64. The van der Waals surface area contributed by atoms with E-state index in [1.165, 1.54) is 0 Å². The standard InChI is InChI=1S/C27H22N2O2S/c1-19-25(20(2)31-29-19)18-32-26-14-7-6-13-24(26)27(30)28-23-12-8-11-22(17-23)16-15-21-9-4-3-5-10-21/h3-14,17H,18H2,1-2H3,(H,28,30). The predicted octanol–water partition coefficient (Wildman–Crippen LogP) is 6.24. The van der Waals surface area contributed by atoms with Crippen molar-refractivity contribution in [3.8, 4) is 11.8 Å². The molecule has 0 aliphatic carbocycles. The van der Waals surface area contributed by atoms with Gasteiger partial charge in [-0.15, -0.1) is 11.8 Å². The summed E-state index contributed by atoms with van der Waals surface area (Å²) in [6, 6.07) is 25.0. The molecule has 0 aliphatic rings. The van der Waals surface area contributed by atoms with Crippen LogP contribution < -0.4 is 5.32 Å². The maximum atomic E-state index is 13.0. The molecule has 0 saturated heterocycles. The largest absolute Gasteiger partial charge is 0.361 e. The molecular formula is C27H22N2O2S. The Bertz CT molecular complexity index is 1280. The molecule has 4 nitrogen and oxygen atoms in total. The molecule has 0 unspecified atom stereocenters. The maximum Gasteiger partial charge on any atom is 0.256 e. The molecule has 4 aromatic rings. The molecule has 1 amide bonds. The van der Waals surface area contributed by atoms with Gasteiger partial charge in [0.05, 0.1) is 11.3 Å². The number of carbonyl (C=O) groups excluding carboxylic acids is 1. The van der Waals surface area contributed by atoms with Gasteiger partial charge in [-0.3, -0.25) is 4.79 Å². The molecule has 0 aliphatic heterocycles. The van der Waals surface area contributed by atoms with Crippen molar-refractivity contribution in [3.05, 3.63) is 113 Å². The lowest BCUT2D eigenvalue weighted by molar-refractivity contribution is 0.102. The molecule has 0 saturated carbocycles. The lowest BCUT2D eigenvalue weighted by Gasteiger charge is -2.10. The fourth-order valence-electron chi connectivity index (χ4n) is 3.18. The molecule has 5 heteroatoms. The Labute approximate surface area is 192 Å². The fourth-order valence-corrected chi connectivity index (χ4v) is 4.38. The second kappa shape index (κ2) is 10.0. The first kappa shape index (κ1) is 21.5. The number of hydrogen-bond acceptors (Lipinski definition) is 4. The third-order valence-electron chi connectivity index (χ3n) is 4.93. The highest BCUT2D eigenvalue weighted by molar-refractivity contribution is 7.98. The Kier molecular flexibility index (Phi) is 6.74. The van der Waals surface area contributed by atoms with Crippen LogP contribution in [0.15, 0.2) is 88.3 Å². The molecule has 0 spiro atoms. The molecule has 1 aromatic heterocycles. The molecule has 3 aromatic carbocycles. The van der Waals surface area contributed by atoms with E-state index in [0.29, 0.717) is 17.0 Å². The summed E-state index contributed by atoms with van der Waals surface area (Å²) < 4.78 is 5.25. The Morgan fingerprint density at radius 3 is 2.44 bits per heavy atom. The number of thioether (sulfide) groups is 1. The van der Waals surface area contributed by atoms with Crippen molar-refractivity contribution in [2.75, 3.05) is 5.32 Å². The highest BCUT2D eigenvalue weighted by atomic mass is 32.2. The van der Waals surface area contributed by atoms with Gasteiger partial charge in [-0.1, -0.05) is 53.4 Å². The summed E-state index contributed by atoms with van der Waals surface area (Å²) in [5.41, 5.74) is 5.07. The van der Waals surface area contributed by atoms with Gasteiger partial charge in [0.2, 0.25) is 0 Å². The molecule has 1 N–H and O–H groups in total. The number of anilines is 1. The summed E-state index contributed by atoms with van der Waals surface area (Å²) in [6.45, 7) is 3.83. The van der Waals surface area contributed by atoms with Crippen molar-refractivity contribution in [1.82, 2.24) is 5.16 Å². The number of rotatable bonds is 5. The third kappa shape index (κ3) is 5.29. The van der Waals surface area contributed by atoms with Crippen LogP contribution >= 0.6 is 11.8 Å². The van der Waals surface area contributed by atoms with E-state index in [2.05, 4.69) is 22.3 Å². The average molecular weight is 439 g/mol. The molecule has 0 radical (unpaired) electrons. The van der Waals surface area contributed by atoms with Crippen molar-refractivity contribution in [1.29, 1.82) is 0 Å². The summed E-state index contributed by atoms with van der Waals surface area (Å²) in [4.78, 5) is 13.9. The first-order chi connectivity index (χ1) is 15.6. The monoisotopic (exact) mass is 438 g/mol. The van der Waals surface area contributed by atoms with Crippen LogP contribution in [0, 0.1) is 25.7 Å². The van der Waals surface area contributed by atoms with Gasteiger partial charge in [-0.05, 0) is 56.3 Å². The molecule has 32 heavy (non-hydrogen) atoms. The van der Waals surface area contributed by atoms with Gasteiger partial charge in [0.1, 0.15) is 5.76 Å². The van der Waals surface area contributed by atoms with E-state index in [4.69, 9.17) is 4.52 Å². The molecule has 0 fully saturated rings.